The minimum atomic E-state index is -0.476. The zero-order valence-electron chi connectivity index (χ0n) is 8.58. The van der Waals surface area contributed by atoms with Crippen molar-refractivity contribution in [1.82, 2.24) is 9.55 Å². The number of halogens is 1. The fourth-order valence-electron chi connectivity index (χ4n) is 1.61. The van der Waals surface area contributed by atoms with Crippen molar-refractivity contribution in [3.63, 3.8) is 0 Å². The van der Waals surface area contributed by atoms with Crippen LogP contribution in [0.5, 0.6) is 0 Å². The second-order valence-electron chi connectivity index (χ2n) is 3.52. The molecule has 0 aliphatic heterocycles. The van der Waals surface area contributed by atoms with Gasteiger partial charge in [0.15, 0.2) is 0 Å². The molecular formula is C12H11FN2O. The van der Waals surface area contributed by atoms with Crippen LogP contribution < -0.4 is 0 Å². The molecule has 4 heteroatoms. The molecule has 0 bridgehead atoms. The van der Waals surface area contributed by atoms with E-state index in [2.05, 4.69) is 4.98 Å². The number of aldehydes is 1. The number of carbonyl (C=O) groups is 1. The molecule has 0 radical (unpaired) electrons. The molecule has 3 nitrogen and oxygen atoms in total. The first kappa shape index (κ1) is 10.5. The number of carbonyl (C=O) groups excluding carboxylic acids is 1. The fourth-order valence-corrected chi connectivity index (χ4v) is 1.61. The van der Waals surface area contributed by atoms with E-state index in [1.165, 1.54) is 6.07 Å². The van der Waals surface area contributed by atoms with E-state index < -0.39 is 5.92 Å². The smallest absolute Gasteiger partial charge is 0.129 e. The summed E-state index contributed by atoms with van der Waals surface area (Å²) in [4.78, 5) is 14.9. The molecular weight excluding hydrogens is 207 g/mol. The maximum absolute atomic E-state index is 13.5. The van der Waals surface area contributed by atoms with Crippen molar-refractivity contribution in [3.05, 3.63) is 54.4 Å². The van der Waals surface area contributed by atoms with Gasteiger partial charge in [0, 0.05) is 18.9 Å². The van der Waals surface area contributed by atoms with Crippen LogP contribution in [0.15, 0.2) is 43.0 Å². The van der Waals surface area contributed by atoms with Gasteiger partial charge in [0.05, 0.1) is 12.2 Å². The van der Waals surface area contributed by atoms with Gasteiger partial charge in [0.2, 0.25) is 0 Å². The Morgan fingerprint density at radius 3 is 2.88 bits per heavy atom. The Balaban J connectivity index is 2.23. The third kappa shape index (κ3) is 2.16. The topological polar surface area (TPSA) is 34.9 Å². The highest BCUT2D eigenvalue weighted by Crippen LogP contribution is 2.18. The highest BCUT2D eigenvalue weighted by Gasteiger charge is 2.14. The van der Waals surface area contributed by atoms with E-state index >= 15 is 0 Å². The normalized spacial score (nSPS) is 12.3. The van der Waals surface area contributed by atoms with Gasteiger partial charge in [0.1, 0.15) is 12.1 Å². The van der Waals surface area contributed by atoms with Crippen molar-refractivity contribution in [2.75, 3.05) is 0 Å². The second-order valence-corrected chi connectivity index (χ2v) is 3.52. The number of hydrogen-bond donors (Lipinski definition) is 0. The van der Waals surface area contributed by atoms with Crippen LogP contribution in [-0.4, -0.2) is 15.8 Å². The summed E-state index contributed by atoms with van der Waals surface area (Å²) >= 11 is 0. The molecule has 0 saturated carbocycles. The lowest BCUT2D eigenvalue weighted by Gasteiger charge is -2.11. The molecule has 0 saturated heterocycles. The molecule has 1 unspecified atom stereocenters. The van der Waals surface area contributed by atoms with Crippen LogP contribution >= 0.6 is 0 Å². The molecule has 0 amide bonds. The van der Waals surface area contributed by atoms with Gasteiger partial charge in [-0.25, -0.2) is 9.37 Å². The van der Waals surface area contributed by atoms with E-state index in [9.17, 15) is 9.18 Å². The van der Waals surface area contributed by atoms with Crippen molar-refractivity contribution in [2.24, 2.45) is 0 Å². The number of aromatic nitrogens is 2. The van der Waals surface area contributed by atoms with Crippen LogP contribution in [0.4, 0.5) is 4.39 Å². The van der Waals surface area contributed by atoms with Gasteiger partial charge in [-0.3, -0.25) is 0 Å². The van der Waals surface area contributed by atoms with Crippen LogP contribution in [0.1, 0.15) is 11.5 Å². The summed E-state index contributed by atoms with van der Waals surface area (Å²) in [5.74, 6) is -0.824. The third-order valence-corrected chi connectivity index (χ3v) is 2.44. The Kier molecular flexibility index (Phi) is 3.10. The molecule has 1 aromatic carbocycles. The number of imidazole rings is 1. The van der Waals surface area contributed by atoms with Crippen LogP contribution in [0.25, 0.3) is 0 Å². The van der Waals surface area contributed by atoms with Crippen LogP contribution in [0.2, 0.25) is 0 Å². The van der Waals surface area contributed by atoms with Gasteiger partial charge in [-0.2, -0.15) is 0 Å². The van der Waals surface area contributed by atoms with Crippen LogP contribution in [-0.2, 0) is 11.3 Å². The largest absolute Gasteiger partial charge is 0.336 e. The molecule has 0 aliphatic carbocycles. The van der Waals surface area contributed by atoms with Gasteiger partial charge in [-0.05, 0) is 11.6 Å². The highest BCUT2D eigenvalue weighted by atomic mass is 19.1. The SMILES string of the molecule is O=CC(Cn1ccnc1)c1ccccc1F. The minimum absolute atomic E-state index is 0.347. The zero-order valence-corrected chi connectivity index (χ0v) is 8.58. The van der Waals surface area contributed by atoms with E-state index in [0.717, 1.165) is 6.29 Å². The van der Waals surface area contributed by atoms with Crippen molar-refractivity contribution < 1.29 is 9.18 Å². The molecule has 0 fully saturated rings. The van der Waals surface area contributed by atoms with E-state index in [1.807, 2.05) is 0 Å². The highest BCUT2D eigenvalue weighted by molar-refractivity contribution is 5.62. The molecule has 82 valence electrons. The first-order valence-corrected chi connectivity index (χ1v) is 4.96. The summed E-state index contributed by atoms with van der Waals surface area (Å²) in [6, 6.07) is 6.33. The van der Waals surface area contributed by atoms with E-state index in [0.29, 0.717) is 12.1 Å². The molecule has 1 aromatic heterocycles. The first-order chi connectivity index (χ1) is 7.81. The maximum Gasteiger partial charge on any atom is 0.129 e. The molecule has 16 heavy (non-hydrogen) atoms. The number of rotatable bonds is 4. The molecule has 0 N–H and O–H groups in total. The average molecular weight is 218 g/mol. The zero-order chi connectivity index (χ0) is 11.4. The van der Waals surface area contributed by atoms with Gasteiger partial charge in [0.25, 0.3) is 0 Å². The van der Waals surface area contributed by atoms with Crippen molar-refractivity contribution >= 4 is 6.29 Å². The Hall–Kier alpha value is -1.97. The Labute approximate surface area is 92.5 Å². The predicted octanol–water partition coefficient (Wildman–Crippen LogP) is 2.00. The Morgan fingerprint density at radius 1 is 1.44 bits per heavy atom. The first-order valence-electron chi connectivity index (χ1n) is 4.96. The molecule has 1 atom stereocenters. The van der Waals surface area contributed by atoms with E-state index in [-0.39, 0.29) is 5.82 Å². The maximum atomic E-state index is 13.5. The molecule has 0 spiro atoms. The summed E-state index contributed by atoms with van der Waals surface area (Å²) in [5.41, 5.74) is 0.422. The predicted molar refractivity (Wildman–Crippen MR) is 57.4 cm³/mol. The van der Waals surface area contributed by atoms with Gasteiger partial charge < -0.3 is 9.36 Å². The summed E-state index contributed by atoms with van der Waals surface area (Å²) in [5, 5.41) is 0. The van der Waals surface area contributed by atoms with Crippen LogP contribution in [0.3, 0.4) is 0 Å². The second kappa shape index (κ2) is 4.70. The quantitative estimate of drug-likeness (QED) is 0.736. The van der Waals surface area contributed by atoms with Crippen LogP contribution in [0, 0.1) is 5.82 Å². The average Bonchev–Trinajstić information content (AvgIpc) is 2.80. The monoisotopic (exact) mass is 218 g/mol. The van der Waals surface area contributed by atoms with E-state index in [4.69, 9.17) is 0 Å². The molecule has 2 rings (SSSR count). The van der Waals surface area contributed by atoms with Crippen molar-refractivity contribution in [3.8, 4) is 0 Å². The third-order valence-electron chi connectivity index (χ3n) is 2.44. The van der Waals surface area contributed by atoms with Gasteiger partial charge in [-0.15, -0.1) is 0 Å². The summed E-state index contributed by atoms with van der Waals surface area (Å²) < 4.78 is 15.2. The minimum Gasteiger partial charge on any atom is -0.336 e. The summed E-state index contributed by atoms with van der Waals surface area (Å²) in [6.45, 7) is 0.407. The van der Waals surface area contributed by atoms with Gasteiger partial charge in [-0.1, -0.05) is 18.2 Å². The Morgan fingerprint density at radius 2 is 2.25 bits per heavy atom. The number of hydrogen-bond acceptors (Lipinski definition) is 2. The lowest BCUT2D eigenvalue weighted by atomic mass is 10.00. The number of benzene rings is 1. The molecule has 0 aliphatic rings. The lowest BCUT2D eigenvalue weighted by molar-refractivity contribution is -0.109. The standard InChI is InChI=1S/C12H11FN2O/c13-12-4-2-1-3-11(12)10(8-16)7-15-6-5-14-9-15/h1-6,8-10H,7H2. The van der Waals surface area contributed by atoms with Crippen molar-refractivity contribution in [2.45, 2.75) is 12.5 Å². The molecule has 1 heterocycles. The lowest BCUT2D eigenvalue weighted by Crippen LogP contribution is -2.10. The van der Waals surface area contributed by atoms with Crippen molar-refractivity contribution in [1.29, 1.82) is 0 Å². The fraction of sp³-hybridized carbons (Fsp3) is 0.167. The summed E-state index contributed by atoms with van der Waals surface area (Å²) in [6.07, 6.45) is 5.75. The van der Waals surface area contributed by atoms with E-state index in [1.54, 1.807) is 41.5 Å². The number of nitrogens with zero attached hydrogens (tertiary/aromatic N) is 2. The van der Waals surface area contributed by atoms with Gasteiger partial charge >= 0.3 is 0 Å². The molecule has 2 aromatic rings. The Bertz CT molecular complexity index is 468. The summed E-state index contributed by atoms with van der Waals surface area (Å²) in [7, 11) is 0.